The van der Waals surface area contributed by atoms with Crippen molar-refractivity contribution in [3.8, 4) is 22.3 Å². The van der Waals surface area contributed by atoms with Crippen LogP contribution in [0.3, 0.4) is 0 Å². The fourth-order valence-electron chi connectivity index (χ4n) is 8.67. The molecule has 2 heteroatoms. The molecule has 3 aliphatic carbocycles. The fourth-order valence-corrected chi connectivity index (χ4v) is 9.91. The van der Waals surface area contributed by atoms with E-state index in [0.29, 0.717) is 0 Å². The molecule has 6 aromatic carbocycles. The molecule has 2 atom stereocenters. The molecule has 234 valence electrons. The van der Waals surface area contributed by atoms with Crippen molar-refractivity contribution < 1.29 is 0 Å². The van der Waals surface area contributed by atoms with Crippen LogP contribution in [-0.2, 0) is 5.41 Å². The molecule has 0 aliphatic heterocycles. The van der Waals surface area contributed by atoms with Gasteiger partial charge in [0.15, 0.2) is 0 Å². The number of allylic oxidation sites excluding steroid dienone is 4. The van der Waals surface area contributed by atoms with Gasteiger partial charge in [0, 0.05) is 54.5 Å². The zero-order chi connectivity index (χ0) is 32.7. The van der Waals surface area contributed by atoms with Gasteiger partial charge < -0.3 is 4.90 Å². The van der Waals surface area contributed by atoms with Crippen molar-refractivity contribution in [1.29, 1.82) is 0 Å². The minimum Gasteiger partial charge on any atom is -0.314 e. The Kier molecular flexibility index (Phi) is 6.29. The zero-order valence-electron chi connectivity index (χ0n) is 27.6. The summed E-state index contributed by atoms with van der Waals surface area (Å²) in [7, 11) is 0. The molecule has 0 spiro atoms. The first-order valence-corrected chi connectivity index (χ1v) is 18.1. The van der Waals surface area contributed by atoms with Crippen LogP contribution in [0.5, 0.6) is 0 Å². The third-order valence-corrected chi connectivity index (χ3v) is 12.3. The lowest BCUT2D eigenvalue weighted by molar-refractivity contribution is 0.641. The Morgan fingerprint density at radius 3 is 2.22 bits per heavy atom. The van der Waals surface area contributed by atoms with Gasteiger partial charge in [0.1, 0.15) is 0 Å². The molecular formula is C47H35NS. The molecule has 1 nitrogen and oxygen atoms in total. The predicted molar refractivity (Wildman–Crippen MR) is 210 cm³/mol. The topological polar surface area (TPSA) is 3.24 Å². The Balaban J connectivity index is 1.19. The molecule has 0 fully saturated rings. The van der Waals surface area contributed by atoms with Crippen molar-refractivity contribution >= 4 is 49.0 Å². The molecule has 0 N–H and O–H groups in total. The van der Waals surface area contributed by atoms with E-state index >= 15 is 0 Å². The van der Waals surface area contributed by atoms with Crippen molar-refractivity contribution in [3.05, 3.63) is 186 Å². The van der Waals surface area contributed by atoms with Gasteiger partial charge in [-0.05, 0) is 80.9 Å². The van der Waals surface area contributed by atoms with E-state index < -0.39 is 0 Å². The number of anilines is 2. The number of rotatable bonds is 4. The Hall–Kier alpha value is -5.44. The van der Waals surface area contributed by atoms with Crippen LogP contribution in [0.25, 0.3) is 48.5 Å². The third kappa shape index (κ3) is 4.30. The van der Waals surface area contributed by atoms with Crippen LogP contribution in [0.15, 0.2) is 163 Å². The second-order valence-corrected chi connectivity index (χ2v) is 15.1. The quantitative estimate of drug-likeness (QED) is 0.184. The van der Waals surface area contributed by atoms with Gasteiger partial charge in [-0.25, -0.2) is 0 Å². The van der Waals surface area contributed by atoms with Gasteiger partial charge in [-0.3, -0.25) is 0 Å². The second-order valence-electron chi connectivity index (χ2n) is 14.1. The van der Waals surface area contributed by atoms with Gasteiger partial charge in [0.25, 0.3) is 0 Å². The molecule has 0 saturated heterocycles. The maximum absolute atomic E-state index is 2.55. The molecule has 7 aromatic rings. The standard InChI is InChI=1S/C47H35NS/c1-47(2)42-23-9-7-18-37(42)38-26-25-33(29-43(38)47)48(44-28-31-13-3-4-16-34(31)36-17-5-6-19-39(36)44)32-15-11-14-30(27-32)35-21-12-22-41-40-20-8-10-24-45(40)49-46(35)41/h3-29,36,39H,1-2H3. The highest BCUT2D eigenvalue weighted by Gasteiger charge is 2.37. The SMILES string of the molecule is CC1(C)c2ccccc2-c2ccc(N(C3=Cc4ccccc4C4C=CC=CC34)c3cccc(-c4cccc5c4sc4ccccc45)c3)cc21. The van der Waals surface area contributed by atoms with E-state index in [9.17, 15) is 0 Å². The number of fused-ring (bicyclic) bond motifs is 9. The first kappa shape index (κ1) is 28.6. The molecule has 2 unspecified atom stereocenters. The van der Waals surface area contributed by atoms with E-state index in [2.05, 4.69) is 183 Å². The van der Waals surface area contributed by atoms with Gasteiger partial charge in [0.05, 0.1) is 0 Å². The molecule has 0 saturated carbocycles. The summed E-state index contributed by atoms with van der Waals surface area (Å²) in [5.41, 5.74) is 14.3. The minimum atomic E-state index is -0.0875. The Morgan fingerprint density at radius 2 is 1.29 bits per heavy atom. The lowest BCUT2D eigenvalue weighted by Gasteiger charge is -2.39. The Bertz CT molecular complexity index is 2560. The molecular weight excluding hydrogens is 611 g/mol. The average molecular weight is 646 g/mol. The smallest absolute Gasteiger partial charge is 0.0464 e. The molecule has 1 heterocycles. The third-order valence-electron chi connectivity index (χ3n) is 11.0. The summed E-state index contributed by atoms with van der Waals surface area (Å²) < 4.78 is 2.68. The van der Waals surface area contributed by atoms with Crippen LogP contribution in [0.1, 0.15) is 42.0 Å². The van der Waals surface area contributed by atoms with Crippen LogP contribution < -0.4 is 4.90 Å². The molecule has 0 bridgehead atoms. The number of hydrogen-bond acceptors (Lipinski definition) is 2. The molecule has 0 radical (unpaired) electrons. The lowest BCUT2D eigenvalue weighted by Crippen LogP contribution is -2.29. The van der Waals surface area contributed by atoms with E-state index in [1.54, 1.807) is 0 Å². The molecule has 10 rings (SSSR count). The van der Waals surface area contributed by atoms with Crippen LogP contribution in [-0.4, -0.2) is 0 Å². The summed E-state index contributed by atoms with van der Waals surface area (Å²) in [6.45, 7) is 4.75. The fraction of sp³-hybridized carbons (Fsp3) is 0.106. The maximum Gasteiger partial charge on any atom is 0.0464 e. The van der Waals surface area contributed by atoms with Crippen LogP contribution >= 0.6 is 11.3 Å². The van der Waals surface area contributed by atoms with E-state index in [0.717, 1.165) is 0 Å². The molecule has 0 amide bonds. The van der Waals surface area contributed by atoms with E-state index in [-0.39, 0.29) is 17.3 Å². The van der Waals surface area contributed by atoms with Gasteiger partial charge in [-0.1, -0.05) is 141 Å². The second kappa shape index (κ2) is 10.8. The van der Waals surface area contributed by atoms with Gasteiger partial charge in [0.2, 0.25) is 0 Å². The van der Waals surface area contributed by atoms with Crippen molar-refractivity contribution in [2.45, 2.75) is 25.2 Å². The van der Waals surface area contributed by atoms with Crippen molar-refractivity contribution in [2.24, 2.45) is 5.92 Å². The Morgan fingerprint density at radius 1 is 0.571 bits per heavy atom. The zero-order valence-corrected chi connectivity index (χ0v) is 28.4. The molecule has 3 aliphatic rings. The summed E-state index contributed by atoms with van der Waals surface area (Å²) >= 11 is 1.89. The van der Waals surface area contributed by atoms with E-state index in [4.69, 9.17) is 0 Å². The van der Waals surface area contributed by atoms with Crippen molar-refractivity contribution in [1.82, 2.24) is 0 Å². The highest BCUT2D eigenvalue weighted by atomic mass is 32.1. The van der Waals surface area contributed by atoms with Crippen LogP contribution in [0.4, 0.5) is 11.4 Å². The predicted octanol–water partition coefficient (Wildman–Crippen LogP) is 13.0. The lowest BCUT2D eigenvalue weighted by atomic mass is 9.74. The minimum absolute atomic E-state index is 0.0875. The first-order valence-electron chi connectivity index (χ1n) is 17.3. The number of benzene rings is 6. The highest BCUT2D eigenvalue weighted by Crippen LogP contribution is 2.52. The first-order chi connectivity index (χ1) is 24.1. The summed E-state index contributed by atoms with van der Waals surface area (Å²) in [6, 6.07) is 49.8. The normalized spacial score (nSPS) is 18.1. The van der Waals surface area contributed by atoms with Crippen LogP contribution in [0, 0.1) is 5.92 Å². The van der Waals surface area contributed by atoms with Gasteiger partial charge in [-0.2, -0.15) is 0 Å². The number of thiophene rings is 1. The summed E-state index contributed by atoms with van der Waals surface area (Å²) in [4.78, 5) is 2.55. The maximum atomic E-state index is 2.55. The number of nitrogens with zero attached hydrogens (tertiary/aromatic N) is 1. The highest BCUT2D eigenvalue weighted by molar-refractivity contribution is 7.26. The van der Waals surface area contributed by atoms with Gasteiger partial charge in [-0.15, -0.1) is 11.3 Å². The van der Waals surface area contributed by atoms with Gasteiger partial charge >= 0.3 is 0 Å². The van der Waals surface area contributed by atoms with Crippen molar-refractivity contribution in [3.63, 3.8) is 0 Å². The van der Waals surface area contributed by atoms with E-state index in [1.807, 2.05) is 11.3 Å². The molecule has 1 aromatic heterocycles. The average Bonchev–Trinajstić information content (AvgIpc) is 3.64. The number of hydrogen-bond donors (Lipinski definition) is 0. The monoisotopic (exact) mass is 645 g/mol. The van der Waals surface area contributed by atoms with Crippen molar-refractivity contribution in [2.75, 3.05) is 4.90 Å². The summed E-state index contributed by atoms with van der Waals surface area (Å²) in [5, 5.41) is 2.66. The van der Waals surface area contributed by atoms with E-state index in [1.165, 1.54) is 81.8 Å². The Labute approximate surface area is 291 Å². The summed E-state index contributed by atoms with van der Waals surface area (Å²) in [6.07, 6.45) is 11.7. The largest absolute Gasteiger partial charge is 0.314 e. The van der Waals surface area contributed by atoms with Crippen LogP contribution in [0.2, 0.25) is 0 Å². The molecule has 49 heavy (non-hydrogen) atoms. The summed E-state index contributed by atoms with van der Waals surface area (Å²) in [5.74, 6) is 0.502.